The predicted octanol–water partition coefficient (Wildman–Crippen LogP) is 5.69. The summed E-state index contributed by atoms with van der Waals surface area (Å²) in [5, 5.41) is 0. The van der Waals surface area contributed by atoms with Crippen LogP contribution in [0.4, 0.5) is 11.4 Å². The van der Waals surface area contributed by atoms with Gasteiger partial charge in [-0.2, -0.15) is 0 Å². The van der Waals surface area contributed by atoms with Gasteiger partial charge in [0, 0.05) is 24.5 Å². The Balaban J connectivity index is 2.04. The number of allylic oxidation sites excluding steroid dienone is 1. The second-order valence-electron chi connectivity index (χ2n) is 7.31. The van der Waals surface area contributed by atoms with E-state index in [1.54, 1.807) is 0 Å². The van der Waals surface area contributed by atoms with Gasteiger partial charge in [0.05, 0.1) is 11.2 Å². The van der Waals surface area contributed by atoms with Gasteiger partial charge in [-0.15, -0.1) is 0 Å². The second kappa shape index (κ2) is 5.94. The number of rotatable bonds is 2. The summed E-state index contributed by atoms with van der Waals surface area (Å²) in [4.78, 5) is 7.05. The van der Waals surface area contributed by atoms with Gasteiger partial charge in [-0.25, -0.2) is 0 Å². The topological polar surface area (TPSA) is 15.6 Å². The molecule has 2 aromatic rings. The second-order valence-corrected chi connectivity index (χ2v) is 7.31. The minimum absolute atomic E-state index is 0.0419. The summed E-state index contributed by atoms with van der Waals surface area (Å²) in [6.45, 7) is 11.0. The van der Waals surface area contributed by atoms with Crippen LogP contribution in [-0.2, 0) is 0 Å². The monoisotopic (exact) mass is 318 g/mol. The molecule has 3 rings (SSSR count). The summed E-state index contributed by atoms with van der Waals surface area (Å²) in [5.41, 5.74) is 8.63. The van der Waals surface area contributed by atoms with Gasteiger partial charge >= 0.3 is 0 Å². The minimum Gasteiger partial charge on any atom is -0.365 e. The highest BCUT2D eigenvalue weighted by Gasteiger charge is 2.28. The van der Waals surface area contributed by atoms with E-state index in [4.69, 9.17) is 4.99 Å². The van der Waals surface area contributed by atoms with Crippen LogP contribution in [0.2, 0.25) is 0 Å². The van der Waals surface area contributed by atoms with E-state index in [-0.39, 0.29) is 5.54 Å². The van der Waals surface area contributed by atoms with Gasteiger partial charge in [-0.05, 0) is 75.1 Å². The highest BCUT2D eigenvalue weighted by molar-refractivity contribution is 5.90. The molecule has 0 aliphatic carbocycles. The van der Waals surface area contributed by atoms with Crippen LogP contribution in [0, 0.1) is 13.8 Å². The molecule has 0 N–H and O–H groups in total. The van der Waals surface area contributed by atoms with Crippen LogP contribution in [-0.4, -0.2) is 18.8 Å². The largest absolute Gasteiger partial charge is 0.365 e. The van der Waals surface area contributed by atoms with E-state index in [0.717, 1.165) is 5.69 Å². The number of aliphatic imine (C=N–C) groups is 1. The molecule has 0 fully saturated rings. The van der Waals surface area contributed by atoms with Crippen LogP contribution in [0.25, 0.3) is 5.57 Å². The van der Waals surface area contributed by atoms with Gasteiger partial charge in [0.1, 0.15) is 0 Å². The van der Waals surface area contributed by atoms with Crippen molar-refractivity contribution in [2.45, 2.75) is 40.2 Å². The van der Waals surface area contributed by atoms with Gasteiger partial charge in [0.15, 0.2) is 0 Å². The summed E-state index contributed by atoms with van der Waals surface area (Å²) in [6.07, 6.45) is 4.33. The highest BCUT2D eigenvalue weighted by Crippen LogP contribution is 2.39. The van der Waals surface area contributed by atoms with Crippen molar-refractivity contribution in [3.05, 3.63) is 64.7 Å². The lowest BCUT2D eigenvalue weighted by atomic mass is 9.87. The molecule has 2 heteroatoms. The lowest BCUT2D eigenvalue weighted by Crippen LogP contribution is -2.42. The van der Waals surface area contributed by atoms with Crippen molar-refractivity contribution in [2.24, 2.45) is 4.99 Å². The Bertz CT molecular complexity index is 841. The number of hydrogen-bond donors (Lipinski definition) is 0. The van der Waals surface area contributed by atoms with Crippen LogP contribution < -0.4 is 4.90 Å². The number of likely N-dealkylation sites (N-methyl/N-ethyl adjacent to an activating group) is 1. The third kappa shape index (κ3) is 2.89. The predicted molar refractivity (Wildman–Crippen MR) is 106 cm³/mol. The molecule has 0 spiro atoms. The Morgan fingerprint density at radius 1 is 1.00 bits per heavy atom. The molecule has 0 radical (unpaired) electrons. The molecule has 24 heavy (non-hydrogen) atoms. The minimum atomic E-state index is 0.0419. The van der Waals surface area contributed by atoms with Crippen molar-refractivity contribution in [2.75, 3.05) is 11.9 Å². The van der Waals surface area contributed by atoms with Crippen molar-refractivity contribution in [3.63, 3.8) is 0 Å². The van der Waals surface area contributed by atoms with Crippen LogP contribution in [0.3, 0.4) is 0 Å². The Morgan fingerprint density at radius 2 is 1.71 bits per heavy atom. The fraction of sp³-hybridized carbons (Fsp3) is 0.318. The fourth-order valence-electron chi connectivity index (χ4n) is 3.30. The molecule has 0 bridgehead atoms. The molecule has 1 aliphatic heterocycles. The zero-order chi connectivity index (χ0) is 17.5. The summed E-state index contributed by atoms with van der Waals surface area (Å²) in [7, 11) is 2.17. The van der Waals surface area contributed by atoms with Gasteiger partial charge < -0.3 is 4.90 Å². The fourth-order valence-corrected chi connectivity index (χ4v) is 3.30. The normalized spacial score (nSPS) is 16.2. The maximum Gasteiger partial charge on any atom is 0.0659 e. The summed E-state index contributed by atoms with van der Waals surface area (Å²) in [5.74, 6) is 0. The number of aryl methyl sites for hydroxylation is 2. The molecule has 1 heterocycles. The molecule has 2 nitrogen and oxygen atoms in total. The smallest absolute Gasteiger partial charge is 0.0659 e. The standard InChI is InChI=1S/C22H26N2/c1-15-9-7-8-10-20(15)23-14-18-12-19-17(3)13-22(4,5)24(6)21(19)11-16(18)2/h7-14H,1-6H3. The lowest BCUT2D eigenvalue weighted by Gasteiger charge is -2.41. The maximum absolute atomic E-state index is 4.70. The SMILES string of the molecule is CC1=CC(C)(C)N(C)c2cc(C)c(C=Nc3ccccc3C)cc21. The molecular formula is C22H26N2. The number of fused-ring (bicyclic) bond motifs is 1. The van der Waals surface area contributed by atoms with E-state index < -0.39 is 0 Å². The van der Waals surface area contributed by atoms with Crippen LogP contribution in [0.5, 0.6) is 0 Å². The third-order valence-corrected chi connectivity index (χ3v) is 5.06. The first-order valence-corrected chi connectivity index (χ1v) is 8.47. The van der Waals surface area contributed by atoms with Gasteiger partial charge in [0.2, 0.25) is 0 Å². The summed E-state index contributed by atoms with van der Waals surface area (Å²) < 4.78 is 0. The van der Waals surface area contributed by atoms with Crippen LogP contribution in [0.1, 0.15) is 43.0 Å². The molecule has 0 saturated heterocycles. The number of benzene rings is 2. The molecule has 1 aliphatic rings. The number of nitrogens with zero attached hydrogens (tertiary/aromatic N) is 2. The van der Waals surface area contributed by atoms with E-state index in [1.807, 2.05) is 18.3 Å². The average Bonchev–Trinajstić information content (AvgIpc) is 2.52. The summed E-state index contributed by atoms with van der Waals surface area (Å²) >= 11 is 0. The van der Waals surface area contributed by atoms with Crippen LogP contribution >= 0.6 is 0 Å². The quantitative estimate of drug-likeness (QED) is 0.650. The molecule has 0 unspecified atom stereocenters. The molecule has 0 atom stereocenters. The Kier molecular flexibility index (Phi) is 4.08. The maximum atomic E-state index is 4.70. The van der Waals surface area contributed by atoms with E-state index in [1.165, 1.54) is 33.5 Å². The van der Waals surface area contributed by atoms with Gasteiger partial charge in [-0.1, -0.05) is 24.3 Å². The van der Waals surface area contributed by atoms with Crippen molar-refractivity contribution in [1.82, 2.24) is 0 Å². The van der Waals surface area contributed by atoms with Crippen molar-refractivity contribution < 1.29 is 0 Å². The first-order chi connectivity index (χ1) is 11.3. The molecule has 2 aromatic carbocycles. The molecule has 0 amide bonds. The molecule has 0 saturated carbocycles. The summed E-state index contributed by atoms with van der Waals surface area (Å²) in [6, 6.07) is 12.8. The van der Waals surface area contributed by atoms with E-state index in [0.29, 0.717) is 0 Å². The van der Waals surface area contributed by atoms with E-state index in [9.17, 15) is 0 Å². The molecular weight excluding hydrogens is 292 g/mol. The van der Waals surface area contributed by atoms with Crippen molar-refractivity contribution in [1.29, 1.82) is 0 Å². The van der Waals surface area contributed by atoms with Crippen LogP contribution in [0.15, 0.2) is 47.5 Å². The van der Waals surface area contributed by atoms with Gasteiger partial charge in [-0.3, -0.25) is 4.99 Å². The zero-order valence-corrected chi connectivity index (χ0v) is 15.5. The Hall–Kier alpha value is -2.35. The third-order valence-electron chi connectivity index (χ3n) is 5.06. The van der Waals surface area contributed by atoms with Gasteiger partial charge in [0.25, 0.3) is 0 Å². The number of hydrogen-bond acceptors (Lipinski definition) is 2. The van der Waals surface area contributed by atoms with E-state index >= 15 is 0 Å². The average molecular weight is 318 g/mol. The van der Waals surface area contributed by atoms with Crippen molar-refractivity contribution >= 4 is 23.2 Å². The highest BCUT2D eigenvalue weighted by atomic mass is 15.2. The first-order valence-electron chi connectivity index (χ1n) is 8.47. The lowest BCUT2D eigenvalue weighted by molar-refractivity contribution is 0.597. The zero-order valence-electron chi connectivity index (χ0n) is 15.5. The Labute approximate surface area is 145 Å². The molecule has 124 valence electrons. The molecule has 0 aromatic heterocycles. The van der Waals surface area contributed by atoms with Crippen molar-refractivity contribution in [3.8, 4) is 0 Å². The first kappa shape index (κ1) is 16.5. The van der Waals surface area contributed by atoms with E-state index in [2.05, 4.69) is 76.9 Å². The number of para-hydroxylation sites is 1. The number of anilines is 1. The Morgan fingerprint density at radius 3 is 2.42 bits per heavy atom.